The Kier molecular flexibility index (Phi) is 4.68. The highest BCUT2D eigenvalue weighted by Gasteiger charge is 2.19. The van der Waals surface area contributed by atoms with Gasteiger partial charge in [0.1, 0.15) is 0 Å². The number of nitrogens with one attached hydrogen (secondary N) is 1. The quantitative estimate of drug-likeness (QED) is 0.813. The molecule has 1 aromatic carbocycles. The maximum absolute atomic E-state index is 3.33. The fourth-order valence-electron chi connectivity index (χ4n) is 3.37. The second kappa shape index (κ2) is 6.26. The topological polar surface area (TPSA) is 12.0 Å². The van der Waals surface area contributed by atoms with E-state index in [4.69, 9.17) is 0 Å². The van der Waals surface area contributed by atoms with Crippen LogP contribution in [-0.4, -0.2) is 7.05 Å². The lowest BCUT2D eigenvalue weighted by molar-refractivity contribution is 0.281. The standard InChI is InChI=1S/C17H27N/c1-4-16-9-8-15(12-17(16)18-3)11-14-7-5-6-13(2)10-14/h8-9,12-14,18H,4-7,10-11H2,1-3H3. The van der Waals surface area contributed by atoms with E-state index in [2.05, 4.69) is 37.4 Å². The summed E-state index contributed by atoms with van der Waals surface area (Å²) in [7, 11) is 2.03. The minimum Gasteiger partial charge on any atom is -0.388 e. The fraction of sp³-hybridized carbons (Fsp3) is 0.647. The first-order valence-electron chi connectivity index (χ1n) is 7.52. The Bertz CT molecular complexity index is 383. The van der Waals surface area contributed by atoms with Gasteiger partial charge in [0.15, 0.2) is 0 Å². The van der Waals surface area contributed by atoms with Crippen LogP contribution < -0.4 is 5.32 Å². The highest BCUT2D eigenvalue weighted by molar-refractivity contribution is 5.53. The zero-order valence-corrected chi connectivity index (χ0v) is 12.1. The number of hydrogen-bond donors (Lipinski definition) is 1. The minimum atomic E-state index is 0.908. The molecule has 0 saturated heterocycles. The van der Waals surface area contributed by atoms with Gasteiger partial charge < -0.3 is 5.32 Å². The molecule has 1 N–H and O–H groups in total. The molecule has 2 rings (SSSR count). The summed E-state index contributed by atoms with van der Waals surface area (Å²) >= 11 is 0. The maximum Gasteiger partial charge on any atom is 0.0372 e. The first-order chi connectivity index (χ1) is 8.72. The number of rotatable bonds is 4. The SMILES string of the molecule is CCc1ccc(CC2CCCC(C)C2)cc1NC. The molecule has 0 spiro atoms. The van der Waals surface area contributed by atoms with Crippen molar-refractivity contribution in [1.29, 1.82) is 0 Å². The van der Waals surface area contributed by atoms with Gasteiger partial charge >= 0.3 is 0 Å². The van der Waals surface area contributed by atoms with Gasteiger partial charge in [-0.1, -0.05) is 45.2 Å². The van der Waals surface area contributed by atoms with Crippen LogP contribution in [0.25, 0.3) is 0 Å². The van der Waals surface area contributed by atoms with E-state index in [0.29, 0.717) is 0 Å². The van der Waals surface area contributed by atoms with Gasteiger partial charge in [-0.05, 0) is 48.3 Å². The Morgan fingerprint density at radius 1 is 1.28 bits per heavy atom. The molecule has 1 heteroatoms. The van der Waals surface area contributed by atoms with Crippen molar-refractivity contribution in [2.75, 3.05) is 12.4 Å². The molecule has 100 valence electrons. The van der Waals surface area contributed by atoms with Crippen LogP contribution in [-0.2, 0) is 12.8 Å². The average Bonchev–Trinajstić information content (AvgIpc) is 2.38. The lowest BCUT2D eigenvalue weighted by atomic mass is 9.79. The first-order valence-corrected chi connectivity index (χ1v) is 7.52. The number of benzene rings is 1. The molecule has 1 aromatic rings. The molecule has 1 fully saturated rings. The molecule has 0 aliphatic heterocycles. The molecule has 0 heterocycles. The van der Waals surface area contributed by atoms with Crippen LogP contribution in [0.1, 0.15) is 50.7 Å². The zero-order chi connectivity index (χ0) is 13.0. The van der Waals surface area contributed by atoms with Crippen LogP contribution in [0.2, 0.25) is 0 Å². The van der Waals surface area contributed by atoms with Crippen LogP contribution in [0, 0.1) is 11.8 Å². The highest BCUT2D eigenvalue weighted by Crippen LogP contribution is 2.31. The van der Waals surface area contributed by atoms with Crippen molar-refractivity contribution in [3.05, 3.63) is 29.3 Å². The molecule has 2 atom stereocenters. The molecule has 1 aliphatic rings. The van der Waals surface area contributed by atoms with E-state index < -0.39 is 0 Å². The Labute approximate surface area is 112 Å². The average molecular weight is 245 g/mol. The third-order valence-corrected chi connectivity index (χ3v) is 4.39. The maximum atomic E-state index is 3.33. The molecule has 1 saturated carbocycles. The van der Waals surface area contributed by atoms with Gasteiger partial charge in [0.2, 0.25) is 0 Å². The molecule has 1 nitrogen and oxygen atoms in total. The summed E-state index contributed by atoms with van der Waals surface area (Å²) in [5.74, 6) is 1.84. The Morgan fingerprint density at radius 2 is 2.11 bits per heavy atom. The third kappa shape index (κ3) is 3.28. The van der Waals surface area contributed by atoms with Crippen LogP contribution in [0.4, 0.5) is 5.69 Å². The van der Waals surface area contributed by atoms with E-state index in [0.717, 1.165) is 18.3 Å². The van der Waals surface area contributed by atoms with Gasteiger partial charge in [0.05, 0.1) is 0 Å². The molecular weight excluding hydrogens is 218 g/mol. The molecule has 0 aromatic heterocycles. The van der Waals surface area contributed by atoms with Gasteiger partial charge in [0.25, 0.3) is 0 Å². The van der Waals surface area contributed by atoms with Gasteiger partial charge in [-0.2, -0.15) is 0 Å². The molecule has 0 amide bonds. The van der Waals surface area contributed by atoms with Crippen molar-refractivity contribution in [1.82, 2.24) is 0 Å². The van der Waals surface area contributed by atoms with Gasteiger partial charge in [-0.15, -0.1) is 0 Å². The van der Waals surface area contributed by atoms with E-state index in [1.807, 2.05) is 7.05 Å². The molecular formula is C17H27N. The molecule has 1 aliphatic carbocycles. The molecule has 0 radical (unpaired) electrons. The van der Waals surface area contributed by atoms with Gasteiger partial charge in [0, 0.05) is 12.7 Å². The molecule has 18 heavy (non-hydrogen) atoms. The predicted molar refractivity (Wildman–Crippen MR) is 80.2 cm³/mol. The molecule has 2 unspecified atom stereocenters. The summed E-state index contributed by atoms with van der Waals surface area (Å²) in [5.41, 5.74) is 4.26. The van der Waals surface area contributed by atoms with E-state index in [1.165, 1.54) is 48.9 Å². The van der Waals surface area contributed by atoms with Crippen LogP contribution in [0.15, 0.2) is 18.2 Å². The van der Waals surface area contributed by atoms with Crippen molar-refractivity contribution in [3.8, 4) is 0 Å². The smallest absolute Gasteiger partial charge is 0.0372 e. The van der Waals surface area contributed by atoms with E-state index >= 15 is 0 Å². The zero-order valence-electron chi connectivity index (χ0n) is 12.1. The summed E-state index contributed by atoms with van der Waals surface area (Å²) in [5, 5.41) is 3.33. The van der Waals surface area contributed by atoms with Crippen molar-refractivity contribution in [3.63, 3.8) is 0 Å². The normalized spacial score (nSPS) is 23.9. The summed E-state index contributed by atoms with van der Waals surface area (Å²) in [6, 6.07) is 6.99. The first kappa shape index (κ1) is 13.5. The second-order valence-corrected chi connectivity index (χ2v) is 5.94. The van der Waals surface area contributed by atoms with Gasteiger partial charge in [-0.3, -0.25) is 0 Å². The summed E-state index contributed by atoms with van der Waals surface area (Å²) in [4.78, 5) is 0. The lowest BCUT2D eigenvalue weighted by Crippen LogP contribution is -2.15. The largest absolute Gasteiger partial charge is 0.388 e. The number of hydrogen-bond acceptors (Lipinski definition) is 1. The van der Waals surface area contributed by atoms with E-state index in [1.54, 1.807) is 0 Å². The number of aryl methyl sites for hydroxylation is 1. The Morgan fingerprint density at radius 3 is 2.78 bits per heavy atom. The van der Waals surface area contributed by atoms with Crippen LogP contribution in [0.5, 0.6) is 0 Å². The predicted octanol–water partition coefficient (Wildman–Crippen LogP) is 4.66. The monoisotopic (exact) mass is 245 g/mol. The summed E-state index contributed by atoms with van der Waals surface area (Å²) in [6.45, 7) is 4.63. The number of anilines is 1. The summed E-state index contributed by atoms with van der Waals surface area (Å²) < 4.78 is 0. The molecule has 0 bridgehead atoms. The second-order valence-electron chi connectivity index (χ2n) is 5.94. The van der Waals surface area contributed by atoms with Gasteiger partial charge in [-0.25, -0.2) is 0 Å². The Balaban J connectivity index is 2.04. The van der Waals surface area contributed by atoms with Crippen molar-refractivity contribution >= 4 is 5.69 Å². The fourth-order valence-corrected chi connectivity index (χ4v) is 3.37. The van der Waals surface area contributed by atoms with Crippen molar-refractivity contribution in [2.24, 2.45) is 11.8 Å². The van der Waals surface area contributed by atoms with E-state index in [9.17, 15) is 0 Å². The Hall–Kier alpha value is -0.980. The van der Waals surface area contributed by atoms with E-state index in [-0.39, 0.29) is 0 Å². The van der Waals surface area contributed by atoms with Crippen LogP contribution in [0.3, 0.4) is 0 Å². The van der Waals surface area contributed by atoms with Crippen molar-refractivity contribution in [2.45, 2.75) is 52.4 Å². The highest BCUT2D eigenvalue weighted by atomic mass is 14.8. The van der Waals surface area contributed by atoms with Crippen molar-refractivity contribution < 1.29 is 0 Å². The van der Waals surface area contributed by atoms with Crippen LogP contribution >= 0.6 is 0 Å². The minimum absolute atomic E-state index is 0.908. The lowest BCUT2D eigenvalue weighted by Gasteiger charge is -2.27. The summed E-state index contributed by atoms with van der Waals surface area (Å²) in [6.07, 6.45) is 8.09. The third-order valence-electron chi connectivity index (χ3n) is 4.39.